The van der Waals surface area contributed by atoms with Crippen molar-refractivity contribution in [1.82, 2.24) is 20.0 Å². The molecule has 1 fully saturated rings. The molecule has 3 rings (SSSR count). The van der Waals surface area contributed by atoms with Crippen LogP contribution in [-0.2, 0) is 17.9 Å². The topological polar surface area (TPSA) is 85.1 Å². The predicted octanol–water partition coefficient (Wildman–Crippen LogP) is 1.18. The van der Waals surface area contributed by atoms with E-state index in [-0.39, 0.29) is 22.8 Å². The second kappa shape index (κ2) is 6.30. The number of aryl methyl sites for hydroxylation is 1. The average Bonchev–Trinajstić information content (AvgIpc) is 3.28. The molecule has 11 heteroatoms. The Labute approximate surface area is 143 Å². The number of halogens is 3. The molecule has 1 aliphatic carbocycles. The molecule has 0 spiro atoms. The van der Waals surface area contributed by atoms with Crippen molar-refractivity contribution in [2.24, 2.45) is 0 Å². The highest BCUT2D eigenvalue weighted by Gasteiger charge is 2.34. The van der Waals surface area contributed by atoms with E-state index in [4.69, 9.17) is 0 Å². The van der Waals surface area contributed by atoms with Crippen molar-refractivity contribution in [1.29, 1.82) is 0 Å². The van der Waals surface area contributed by atoms with Gasteiger partial charge in [-0.25, -0.2) is 10.2 Å². The molecule has 0 aliphatic heterocycles. The minimum absolute atomic E-state index is 0.00429. The summed E-state index contributed by atoms with van der Waals surface area (Å²) in [5, 5.41) is 0.128. The average molecular weight is 376 g/mol. The number of rotatable bonds is 6. The highest BCUT2D eigenvalue weighted by Crippen LogP contribution is 2.34. The minimum Gasteiger partial charge on any atom is -0.294 e. The van der Waals surface area contributed by atoms with Crippen LogP contribution < -0.4 is 22.1 Å². The standard InChI is InChI=1S/C14H15F3N4O3S/c1-7-9(4-18-19-6-22)25-12-10(7)11(23)21(8-2-3-8)13(24)20(12)5-14(15,16)17/h6,8,18H,2-5H2,1H3,(H,19,22). The van der Waals surface area contributed by atoms with Crippen LogP contribution in [0.15, 0.2) is 9.59 Å². The lowest BCUT2D eigenvalue weighted by molar-refractivity contribution is -0.140. The summed E-state index contributed by atoms with van der Waals surface area (Å²) in [6.07, 6.45) is -2.96. The van der Waals surface area contributed by atoms with Crippen LogP contribution in [0.5, 0.6) is 0 Å². The summed E-state index contributed by atoms with van der Waals surface area (Å²) >= 11 is 0.942. The third kappa shape index (κ3) is 3.33. The quantitative estimate of drug-likeness (QED) is 0.451. The van der Waals surface area contributed by atoms with Gasteiger partial charge in [0, 0.05) is 17.5 Å². The van der Waals surface area contributed by atoms with E-state index in [9.17, 15) is 27.6 Å². The summed E-state index contributed by atoms with van der Waals surface area (Å²) in [7, 11) is 0. The Kier molecular flexibility index (Phi) is 4.45. The van der Waals surface area contributed by atoms with Gasteiger partial charge in [0.15, 0.2) is 0 Å². The maximum atomic E-state index is 13.0. The Hall–Kier alpha value is -2.14. The van der Waals surface area contributed by atoms with Gasteiger partial charge in [0.2, 0.25) is 6.41 Å². The predicted molar refractivity (Wildman–Crippen MR) is 85.4 cm³/mol. The largest absolute Gasteiger partial charge is 0.406 e. The highest BCUT2D eigenvalue weighted by molar-refractivity contribution is 7.18. The second-order valence-corrected chi connectivity index (χ2v) is 6.92. The summed E-state index contributed by atoms with van der Waals surface area (Å²) in [5.41, 5.74) is 3.84. The Bertz CT molecular complexity index is 940. The van der Waals surface area contributed by atoms with Crippen molar-refractivity contribution in [2.45, 2.75) is 45.1 Å². The number of nitrogens with zero attached hydrogens (tertiary/aromatic N) is 2. The molecule has 0 unspecified atom stereocenters. The lowest BCUT2D eigenvalue weighted by atomic mass is 10.2. The van der Waals surface area contributed by atoms with Gasteiger partial charge in [0.1, 0.15) is 11.4 Å². The van der Waals surface area contributed by atoms with E-state index in [1.807, 2.05) is 0 Å². The molecule has 2 heterocycles. The molecular formula is C14H15F3N4O3S. The third-order valence-corrected chi connectivity index (χ3v) is 5.32. The number of hydrogen-bond donors (Lipinski definition) is 2. The number of hydrogen-bond acceptors (Lipinski definition) is 5. The normalized spacial score (nSPS) is 14.9. The number of aromatic nitrogens is 2. The van der Waals surface area contributed by atoms with Crippen LogP contribution in [-0.4, -0.2) is 21.7 Å². The maximum Gasteiger partial charge on any atom is 0.406 e. The van der Waals surface area contributed by atoms with Crippen LogP contribution >= 0.6 is 11.3 Å². The van der Waals surface area contributed by atoms with Crippen molar-refractivity contribution in [3.63, 3.8) is 0 Å². The van der Waals surface area contributed by atoms with Crippen molar-refractivity contribution in [2.75, 3.05) is 0 Å². The first-order valence-electron chi connectivity index (χ1n) is 7.50. The molecule has 2 aromatic heterocycles. The number of fused-ring (bicyclic) bond motifs is 1. The van der Waals surface area contributed by atoms with Crippen LogP contribution in [0.4, 0.5) is 13.2 Å². The summed E-state index contributed by atoms with van der Waals surface area (Å²) < 4.78 is 40.4. The zero-order chi connectivity index (χ0) is 18.4. The van der Waals surface area contributed by atoms with Gasteiger partial charge in [-0.15, -0.1) is 11.3 Å². The molecule has 0 radical (unpaired) electrons. The van der Waals surface area contributed by atoms with E-state index >= 15 is 0 Å². The van der Waals surface area contributed by atoms with E-state index in [1.54, 1.807) is 6.92 Å². The third-order valence-electron chi connectivity index (χ3n) is 4.00. The SMILES string of the molecule is Cc1c(CNNC=O)sc2c1c(=O)n(C1CC1)c(=O)n2CC(F)(F)F. The number of nitrogens with one attached hydrogen (secondary N) is 2. The van der Waals surface area contributed by atoms with Crippen molar-refractivity contribution in [3.05, 3.63) is 31.3 Å². The van der Waals surface area contributed by atoms with E-state index in [0.717, 1.165) is 15.9 Å². The molecule has 0 aromatic carbocycles. The molecular weight excluding hydrogens is 361 g/mol. The number of alkyl halides is 3. The molecule has 7 nitrogen and oxygen atoms in total. The van der Waals surface area contributed by atoms with E-state index in [1.165, 1.54) is 0 Å². The Balaban J connectivity index is 2.24. The molecule has 0 atom stereocenters. The molecule has 25 heavy (non-hydrogen) atoms. The zero-order valence-electron chi connectivity index (χ0n) is 13.1. The lowest BCUT2D eigenvalue weighted by Crippen LogP contribution is -2.41. The lowest BCUT2D eigenvalue weighted by Gasteiger charge is -2.13. The van der Waals surface area contributed by atoms with Crippen LogP contribution in [0.1, 0.15) is 29.3 Å². The van der Waals surface area contributed by atoms with Gasteiger partial charge in [0.05, 0.1) is 5.39 Å². The number of hydrazine groups is 1. The van der Waals surface area contributed by atoms with E-state index in [2.05, 4.69) is 10.9 Å². The minimum atomic E-state index is -4.59. The molecule has 1 aliphatic rings. The Morgan fingerprint density at radius 2 is 2.00 bits per heavy atom. The fraction of sp³-hybridized carbons (Fsp3) is 0.500. The number of carbonyl (C=O) groups is 1. The van der Waals surface area contributed by atoms with Gasteiger partial charge < -0.3 is 0 Å². The first-order chi connectivity index (χ1) is 11.7. The molecule has 1 saturated carbocycles. The van der Waals surface area contributed by atoms with Crippen molar-refractivity contribution in [3.8, 4) is 0 Å². The van der Waals surface area contributed by atoms with Gasteiger partial charge >= 0.3 is 11.9 Å². The fourth-order valence-corrected chi connectivity index (χ4v) is 3.95. The summed E-state index contributed by atoms with van der Waals surface area (Å²) in [4.78, 5) is 36.1. The van der Waals surface area contributed by atoms with E-state index < -0.39 is 24.0 Å². The van der Waals surface area contributed by atoms with Crippen molar-refractivity contribution < 1.29 is 18.0 Å². The van der Waals surface area contributed by atoms with Crippen LogP contribution in [0.3, 0.4) is 0 Å². The monoisotopic (exact) mass is 376 g/mol. The highest BCUT2D eigenvalue weighted by atomic mass is 32.1. The maximum absolute atomic E-state index is 13.0. The smallest absolute Gasteiger partial charge is 0.294 e. The summed E-state index contributed by atoms with van der Waals surface area (Å²) in [6, 6.07) is -0.332. The summed E-state index contributed by atoms with van der Waals surface area (Å²) in [6.45, 7) is 0.305. The van der Waals surface area contributed by atoms with Crippen molar-refractivity contribution >= 4 is 28.0 Å². The first-order valence-corrected chi connectivity index (χ1v) is 8.32. The second-order valence-electron chi connectivity index (χ2n) is 5.84. The van der Waals surface area contributed by atoms with Crippen LogP contribution in [0.2, 0.25) is 0 Å². The Morgan fingerprint density at radius 3 is 2.56 bits per heavy atom. The molecule has 2 aromatic rings. The number of amides is 1. The van der Waals surface area contributed by atoms with Gasteiger partial charge in [-0.05, 0) is 25.3 Å². The molecule has 1 amide bonds. The summed E-state index contributed by atoms with van der Waals surface area (Å²) in [5.74, 6) is 0. The Morgan fingerprint density at radius 1 is 1.32 bits per heavy atom. The molecule has 0 bridgehead atoms. The fourth-order valence-electron chi connectivity index (χ4n) is 2.73. The van der Waals surface area contributed by atoms with Crippen LogP contribution in [0.25, 0.3) is 10.2 Å². The van der Waals surface area contributed by atoms with Gasteiger partial charge in [-0.3, -0.25) is 24.1 Å². The van der Waals surface area contributed by atoms with Crippen LogP contribution in [0, 0.1) is 6.92 Å². The molecule has 2 N–H and O–H groups in total. The van der Waals surface area contributed by atoms with Gasteiger partial charge in [-0.1, -0.05) is 0 Å². The number of thiophene rings is 1. The number of carbonyl (C=O) groups excluding carboxylic acids is 1. The van der Waals surface area contributed by atoms with Gasteiger partial charge in [-0.2, -0.15) is 13.2 Å². The molecule has 0 saturated heterocycles. The van der Waals surface area contributed by atoms with E-state index in [0.29, 0.717) is 34.3 Å². The first kappa shape index (κ1) is 17.7. The van der Waals surface area contributed by atoms with Gasteiger partial charge in [0.25, 0.3) is 5.56 Å². The molecule has 136 valence electrons. The zero-order valence-corrected chi connectivity index (χ0v) is 14.0.